The molecule has 0 spiro atoms. The van der Waals surface area contributed by atoms with E-state index in [9.17, 15) is 0 Å². The molecule has 1 unspecified atom stereocenters. The van der Waals surface area contributed by atoms with E-state index in [2.05, 4.69) is 107 Å². The first-order valence-corrected chi connectivity index (χ1v) is 13.7. The van der Waals surface area contributed by atoms with E-state index < -0.39 is 8.32 Å². The van der Waals surface area contributed by atoms with Crippen LogP contribution in [0.1, 0.15) is 51.2 Å². The van der Waals surface area contributed by atoms with Crippen LogP contribution in [0.4, 0.5) is 0 Å². The van der Waals surface area contributed by atoms with Gasteiger partial charge in [0.05, 0.1) is 0 Å². The van der Waals surface area contributed by atoms with Gasteiger partial charge in [-0.15, -0.1) is 0 Å². The maximum absolute atomic E-state index is 6.46. The molecule has 0 amide bonds. The minimum Gasteiger partial charge on any atom is -0.544 e. The van der Waals surface area contributed by atoms with Gasteiger partial charge in [0.15, 0.2) is 0 Å². The fourth-order valence-electron chi connectivity index (χ4n) is 3.77. The molecule has 0 heterocycles. The molecule has 148 valence electrons. The van der Waals surface area contributed by atoms with Crippen molar-refractivity contribution in [3.05, 3.63) is 65.7 Å². The maximum atomic E-state index is 6.46. The molecular formula is C24H37NOSi. The van der Waals surface area contributed by atoms with Crippen molar-refractivity contribution in [1.82, 2.24) is 4.90 Å². The summed E-state index contributed by atoms with van der Waals surface area (Å²) < 4.78 is 6.46. The smallest absolute Gasteiger partial charge is 0.242 e. The minimum atomic E-state index is -1.67. The molecule has 0 bridgehead atoms. The summed E-state index contributed by atoms with van der Waals surface area (Å²) in [5.41, 5.74) is 2.69. The van der Waals surface area contributed by atoms with Gasteiger partial charge in [0.1, 0.15) is 5.75 Å². The highest BCUT2D eigenvalue weighted by Crippen LogP contribution is 2.36. The highest BCUT2D eigenvalue weighted by molar-refractivity contribution is 6.70. The van der Waals surface area contributed by atoms with Gasteiger partial charge in [-0.2, -0.15) is 0 Å². The highest BCUT2D eigenvalue weighted by Gasteiger charge is 2.24. The SMILES string of the molecule is CC(C)N(CCC(c1ccccc1)c1ccccc1O[Si](C)(C)C)C(C)C. The highest BCUT2D eigenvalue weighted by atomic mass is 28.4. The Hall–Kier alpha value is -1.58. The minimum absolute atomic E-state index is 0.346. The van der Waals surface area contributed by atoms with Gasteiger partial charge < -0.3 is 4.43 Å². The molecule has 0 saturated carbocycles. The number of hydrogen-bond acceptors (Lipinski definition) is 2. The molecule has 0 saturated heterocycles. The van der Waals surface area contributed by atoms with Gasteiger partial charge in [0.2, 0.25) is 8.32 Å². The van der Waals surface area contributed by atoms with E-state index in [4.69, 9.17) is 4.43 Å². The van der Waals surface area contributed by atoms with Gasteiger partial charge in [-0.1, -0.05) is 48.5 Å². The van der Waals surface area contributed by atoms with Crippen LogP contribution in [0.5, 0.6) is 5.75 Å². The van der Waals surface area contributed by atoms with Gasteiger partial charge in [-0.05, 0) is 71.9 Å². The Labute approximate surface area is 167 Å². The fraction of sp³-hybridized carbons (Fsp3) is 0.500. The van der Waals surface area contributed by atoms with E-state index in [1.165, 1.54) is 11.1 Å². The summed E-state index contributed by atoms with van der Waals surface area (Å²) in [6, 6.07) is 20.6. The number of benzene rings is 2. The first-order valence-electron chi connectivity index (χ1n) is 10.3. The third-order valence-corrected chi connectivity index (χ3v) is 5.75. The fourth-order valence-corrected chi connectivity index (χ4v) is 4.61. The molecular weight excluding hydrogens is 346 g/mol. The molecule has 2 aromatic rings. The zero-order valence-corrected chi connectivity index (χ0v) is 19.2. The zero-order valence-electron chi connectivity index (χ0n) is 18.2. The molecule has 27 heavy (non-hydrogen) atoms. The summed E-state index contributed by atoms with van der Waals surface area (Å²) in [7, 11) is -1.67. The summed E-state index contributed by atoms with van der Waals surface area (Å²) >= 11 is 0. The second-order valence-corrected chi connectivity index (χ2v) is 13.4. The summed E-state index contributed by atoms with van der Waals surface area (Å²) in [6.07, 6.45) is 1.09. The molecule has 2 rings (SSSR count). The van der Waals surface area contributed by atoms with Gasteiger partial charge >= 0.3 is 0 Å². The molecule has 0 aromatic heterocycles. The summed E-state index contributed by atoms with van der Waals surface area (Å²) in [5, 5.41) is 0. The van der Waals surface area contributed by atoms with E-state index in [-0.39, 0.29) is 0 Å². The van der Waals surface area contributed by atoms with Crippen molar-refractivity contribution >= 4 is 8.32 Å². The molecule has 0 N–H and O–H groups in total. The third-order valence-electron chi connectivity index (χ3n) is 4.92. The maximum Gasteiger partial charge on any atom is 0.242 e. The lowest BCUT2D eigenvalue weighted by Gasteiger charge is -2.33. The van der Waals surface area contributed by atoms with Crippen LogP contribution in [-0.4, -0.2) is 31.8 Å². The first-order chi connectivity index (χ1) is 12.7. The quantitative estimate of drug-likeness (QED) is 0.456. The Morgan fingerprint density at radius 2 is 1.37 bits per heavy atom. The van der Waals surface area contributed by atoms with Gasteiger partial charge in [0, 0.05) is 23.6 Å². The van der Waals surface area contributed by atoms with Crippen molar-refractivity contribution in [2.45, 2.75) is 71.8 Å². The summed E-state index contributed by atoms with van der Waals surface area (Å²) in [4.78, 5) is 2.58. The van der Waals surface area contributed by atoms with Crippen LogP contribution in [0.15, 0.2) is 54.6 Å². The molecule has 0 fully saturated rings. The van der Waals surface area contributed by atoms with Crippen molar-refractivity contribution in [1.29, 1.82) is 0 Å². The van der Waals surface area contributed by atoms with Crippen LogP contribution in [0.25, 0.3) is 0 Å². The van der Waals surface area contributed by atoms with E-state index in [1.54, 1.807) is 0 Å². The van der Waals surface area contributed by atoms with Crippen LogP contribution >= 0.6 is 0 Å². The van der Waals surface area contributed by atoms with Crippen molar-refractivity contribution in [3.63, 3.8) is 0 Å². The Balaban J connectivity index is 2.37. The lowest BCUT2D eigenvalue weighted by atomic mass is 9.87. The van der Waals surface area contributed by atoms with Crippen LogP contribution in [-0.2, 0) is 0 Å². The molecule has 1 atom stereocenters. The van der Waals surface area contributed by atoms with Crippen LogP contribution in [0.2, 0.25) is 19.6 Å². The normalized spacial score (nSPS) is 13.4. The standard InChI is InChI=1S/C24H37NOSi/c1-19(2)25(20(3)4)18-17-22(21-13-9-8-10-14-21)23-15-11-12-16-24(23)26-27(5,6)7/h8-16,19-20,22H,17-18H2,1-7H3. The van der Waals surface area contributed by atoms with Crippen molar-refractivity contribution in [2.75, 3.05) is 6.54 Å². The molecule has 2 aromatic carbocycles. The van der Waals surface area contributed by atoms with E-state index >= 15 is 0 Å². The molecule has 2 nitrogen and oxygen atoms in total. The van der Waals surface area contributed by atoms with Gasteiger partial charge in [-0.3, -0.25) is 4.90 Å². The molecule has 0 aliphatic carbocycles. The van der Waals surface area contributed by atoms with Gasteiger partial charge in [-0.25, -0.2) is 0 Å². The summed E-state index contributed by atoms with van der Waals surface area (Å²) in [5.74, 6) is 1.41. The number of nitrogens with zero attached hydrogens (tertiary/aromatic N) is 1. The Kier molecular flexibility index (Phi) is 7.69. The lowest BCUT2D eigenvalue weighted by Crippen LogP contribution is -2.38. The van der Waals surface area contributed by atoms with E-state index in [0.29, 0.717) is 18.0 Å². The Morgan fingerprint density at radius 3 is 1.93 bits per heavy atom. The van der Waals surface area contributed by atoms with Crippen LogP contribution in [0.3, 0.4) is 0 Å². The monoisotopic (exact) mass is 383 g/mol. The Morgan fingerprint density at radius 1 is 0.815 bits per heavy atom. The second-order valence-electron chi connectivity index (χ2n) is 8.93. The summed E-state index contributed by atoms with van der Waals surface area (Å²) in [6.45, 7) is 17.0. The molecule has 0 radical (unpaired) electrons. The zero-order chi connectivity index (χ0) is 20.0. The molecule has 3 heteroatoms. The average Bonchev–Trinajstić information content (AvgIpc) is 2.58. The van der Waals surface area contributed by atoms with Crippen molar-refractivity contribution in [2.24, 2.45) is 0 Å². The Bertz CT molecular complexity index is 683. The average molecular weight is 384 g/mol. The first kappa shape index (κ1) is 21.7. The predicted molar refractivity (Wildman–Crippen MR) is 120 cm³/mol. The van der Waals surface area contributed by atoms with Gasteiger partial charge in [0.25, 0.3) is 0 Å². The van der Waals surface area contributed by atoms with Crippen LogP contribution in [0, 0.1) is 0 Å². The third kappa shape index (κ3) is 6.51. The van der Waals surface area contributed by atoms with Crippen LogP contribution < -0.4 is 4.43 Å². The largest absolute Gasteiger partial charge is 0.544 e. The second kappa shape index (κ2) is 9.56. The number of rotatable bonds is 9. The topological polar surface area (TPSA) is 12.5 Å². The molecule has 0 aliphatic rings. The van der Waals surface area contributed by atoms with E-state index in [0.717, 1.165) is 18.7 Å². The predicted octanol–water partition coefficient (Wildman–Crippen LogP) is 6.54. The number of hydrogen-bond donors (Lipinski definition) is 0. The van der Waals surface area contributed by atoms with Crippen molar-refractivity contribution in [3.8, 4) is 5.75 Å². The number of para-hydroxylation sites is 1. The lowest BCUT2D eigenvalue weighted by molar-refractivity contribution is 0.170. The van der Waals surface area contributed by atoms with Crippen molar-refractivity contribution < 1.29 is 4.43 Å². The van der Waals surface area contributed by atoms with E-state index in [1.807, 2.05) is 0 Å². The molecule has 0 aliphatic heterocycles.